The predicted molar refractivity (Wildman–Crippen MR) is 107 cm³/mol. The number of nitrogens with zero attached hydrogens (tertiary/aromatic N) is 3. The van der Waals surface area contributed by atoms with Crippen molar-refractivity contribution in [2.75, 3.05) is 17.2 Å². The summed E-state index contributed by atoms with van der Waals surface area (Å²) in [6.07, 6.45) is 2.61. The highest BCUT2D eigenvalue weighted by Crippen LogP contribution is 2.32. The fourth-order valence-electron chi connectivity index (χ4n) is 2.85. The second kappa shape index (κ2) is 7.81. The van der Waals surface area contributed by atoms with E-state index < -0.39 is 0 Å². The molecule has 0 aliphatic carbocycles. The largest absolute Gasteiger partial charge is 0.354 e. The molecule has 2 heterocycles. The van der Waals surface area contributed by atoms with Crippen LogP contribution in [0.3, 0.4) is 0 Å². The van der Waals surface area contributed by atoms with E-state index in [-0.39, 0.29) is 0 Å². The van der Waals surface area contributed by atoms with Gasteiger partial charge in [0, 0.05) is 12.7 Å². The van der Waals surface area contributed by atoms with E-state index in [2.05, 4.69) is 48.7 Å². The number of fused-ring (bicyclic) bond motifs is 2. The summed E-state index contributed by atoms with van der Waals surface area (Å²) < 4.78 is 0. The molecule has 2 aromatic carbocycles. The first-order valence-corrected chi connectivity index (χ1v) is 8.65. The molecule has 8 nitrogen and oxygen atoms in total. The van der Waals surface area contributed by atoms with Gasteiger partial charge in [0.2, 0.25) is 5.95 Å². The Morgan fingerprint density at radius 3 is 2.67 bits per heavy atom. The van der Waals surface area contributed by atoms with E-state index in [0.717, 1.165) is 29.9 Å². The molecular formula is C19H20N8. The van der Waals surface area contributed by atoms with Crippen LogP contribution in [0, 0.1) is 0 Å². The van der Waals surface area contributed by atoms with Gasteiger partial charge in [0.25, 0.3) is 0 Å². The lowest BCUT2D eigenvalue weighted by Crippen LogP contribution is -2.42. The fourth-order valence-corrected chi connectivity index (χ4v) is 2.85. The van der Waals surface area contributed by atoms with Gasteiger partial charge in [-0.1, -0.05) is 42.5 Å². The van der Waals surface area contributed by atoms with Gasteiger partial charge in [-0.3, -0.25) is 11.3 Å². The summed E-state index contributed by atoms with van der Waals surface area (Å²) >= 11 is 0. The molecule has 1 aliphatic heterocycles. The first kappa shape index (κ1) is 17.0. The Bertz CT molecular complexity index is 955. The quantitative estimate of drug-likeness (QED) is 0.350. The third-order valence-electron chi connectivity index (χ3n) is 4.16. The number of hydrogen-bond donors (Lipinski definition) is 5. The van der Waals surface area contributed by atoms with Crippen molar-refractivity contribution in [1.29, 1.82) is 0 Å². The van der Waals surface area contributed by atoms with E-state index in [0.29, 0.717) is 17.6 Å². The molecule has 0 spiro atoms. The minimum absolute atomic E-state index is 0.542. The monoisotopic (exact) mass is 360 g/mol. The van der Waals surface area contributed by atoms with Crippen LogP contribution >= 0.6 is 0 Å². The Morgan fingerprint density at radius 1 is 1.00 bits per heavy atom. The van der Waals surface area contributed by atoms with Gasteiger partial charge in [0.15, 0.2) is 5.84 Å². The molecule has 0 saturated heterocycles. The van der Waals surface area contributed by atoms with Gasteiger partial charge in [-0.15, -0.1) is 0 Å². The van der Waals surface area contributed by atoms with Crippen molar-refractivity contribution >= 4 is 29.0 Å². The van der Waals surface area contributed by atoms with E-state index in [1.54, 1.807) is 6.20 Å². The van der Waals surface area contributed by atoms with Crippen LogP contribution in [0.2, 0.25) is 0 Å². The van der Waals surface area contributed by atoms with E-state index in [9.17, 15) is 0 Å². The molecule has 0 amide bonds. The molecule has 1 aliphatic rings. The minimum atomic E-state index is 0.542. The maximum atomic E-state index is 5.42. The van der Waals surface area contributed by atoms with Crippen molar-refractivity contribution in [3.8, 4) is 0 Å². The summed E-state index contributed by atoms with van der Waals surface area (Å²) in [4.78, 5) is 13.6. The third kappa shape index (κ3) is 3.86. The van der Waals surface area contributed by atoms with Crippen LogP contribution in [0.4, 0.5) is 23.1 Å². The number of aromatic nitrogens is 2. The van der Waals surface area contributed by atoms with Gasteiger partial charge in [-0.2, -0.15) is 10.5 Å². The summed E-state index contributed by atoms with van der Waals surface area (Å²) in [7, 11) is 0. The highest BCUT2D eigenvalue weighted by Gasteiger charge is 2.18. The van der Waals surface area contributed by atoms with E-state index in [1.807, 2.05) is 42.5 Å². The number of hydrazine groups is 2. The maximum Gasteiger partial charge on any atom is 0.224 e. The van der Waals surface area contributed by atoms with Gasteiger partial charge in [0.1, 0.15) is 5.82 Å². The molecule has 0 saturated carbocycles. The van der Waals surface area contributed by atoms with Crippen LogP contribution < -0.4 is 27.4 Å². The van der Waals surface area contributed by atoms with Gasteiger partial charge in [-0.05, 0) is 24.1 Å². The average Bonchev–Trinajstić information content (AvgIpc) is 2.85. The lowest BCUT2D eigenvalue weighted by molar-refractivity contribution is 0.696. The number of benzene rings is 2. The molecule has 4 rings (SSSR count). The minimum Gasteiger partial charge on any atom is -0.354 e. The topological polar surface area (TPSA) is 112 Å². The van der Waals surface area contributed by atoms with Crippen LogP contribution in [0.5, 0.6) is 0 Å². The average molecular weight is 360 g/mol. The van der Waals surface area contributed by atoms with Crippen LogP contribution in [0.15, 0.2) is 65.8 Å². The SMILES string of the molecule is NNNC1=Nc2ccccc2Nc2nc(NCCc3ccccc3)ncc21. The smallest absolute Gasteiger partial charge is 0.224 e. The lowest BCUT2D eigenvalue weighted by Gasteiger charge is -2.12. The van der Waals surface area contributed by atoms with Crippen molar-refractivity contribution in [1.82, 2.24) is 20.9 Å². The number of hydrogen-bond acceptors (Lipinski definition) is 8. The number of aliphatic imine (C=N–C) groups is 1. The number of rotatable bonds is 5. The second-order valence-corrected chi connectivity index (χ2v) is 5.99. The predicted octanol–water partition coefficient (Wildman–Crippen LogP) is 2.23. The molecular weight excluding hydrogens is 340 g/mol. The fraction of sp³-hybridized carbons (Fsp3) is 0.105. The third-order valence-corrected chi connectivity index (χ3v) is 4.16. The molecule has 0 bridgehead atoms. The molecule has 0 fully saturated rings. The Morgan fingerprint density at radius 2 is 1.81 bits per heavy atom. The van der Waals surface area contributed by atoms with Crippen molar-refractivity contribution in [2.24, 2.45) is 10.8 Å². The molecule has 1 aromatic heterocycles. The maximum absolute atomic E-state index is 5.42. The molecule has 136 valence electrons. The summed E-state index contributed by atoms with van der Waals surface area (Å²) in [5.74, 6) is 7.17. The van der Waals surface area contributed by atoms with Crippen molar-refractivity contribution in [3.63, 3.8) is 0 Å². The number of nitrogens with one attached hydrogen (secondary N) is 4. The molecule has 0 unspecified atom stereocenters. The summed E-state index contributed by atoms with van der Waals surface area (Å²) in [5, 5.41) is 6.60. The highest BCUT2D eigenvalue weighted by molar-refractivity contribution is 6.06. The zero-order valence-electron chi connectivity index (χ0n) is 14.6. The first-order chi connectivity index (χ1) is 13.3. The normalized spacial score (nSPS) is 12.1. The number of nitrogens with two attached hydrogens (primary N) is 1. The number of para-hydroxylation sites is 2. The van der Waals surface area contributed by atoms with E-state index in [1.165, 1.54) is 5.56 Å². The van der Waals surface area contributed by atoms with E-state index in [4.69, 9.17) is 5.84 Å². The van der Waals surface area contributed by atoms with Gasteiger partial charge in [-0.25, -0.2) is 9.98 Å². The Balaban J connectivity index is 1.56. The van der Waals surface area contributed by atoms with Crippen molar-refractivity contribution < 1.29 is 0 Å². The van der Waals surface area contributed by atoms with Crippen LogP contribution in [0.25, 0.3) is 0 Å². The summed E-state index contributed by atoms with van der Waals surface area (Å²) in [6.45, 7) is 0.739. The summed E-state index contributed by atoms with van der Waals surface area (Å²) in [5.41, 5.74) is 8.90. The van der Waals surface area contributed by atoms with Gasteiger partial charge >= 0.3 is 0 Å². The highest BCUT2D eigenvalue weighted by atomic mass is 15.5. The van der Waals surface area contributed by atoms with Gasteiger partial charge < -0.3 is 10.6 Å². The Hall–Kier alpha value is -3.49. The molecule has 0 atom stereocenters. The number of anilines is 3. The molecule has 3 aromatic rings. The number of amidine groups is 1. The lowest BCUT2D eigenvalue weighted by atomic mass is 10.1. The Kier molecular flexibility index (Phi) is 4.91. The van der Waals surface area contributed by atoms with Gasteiger partial charge in [0.05, 0.1) is 16.9 Å². The second-order valence-electron chi connectivity index (χ2n) is 5.99. The molecule has 0 radical (unpaired) electrons. The molecule has 27 heavy (non-hydrogen) atoms. The van der Waals surface area contributed by atoms with Crippen LogP contribution in [-0.4, -0.2) is 22.3 Å². The Labute approximate surface area is 156 Å². The summed E-state index contributed by atoms with van der Waals surface area (Å²) in [6, 6.07) is 18.0. The standard InChI is InChI=1S/C19H20N8/c20-27-26-18-14-12-22-19(21-11-10-13-6-2-1-3-7-13)25-17(14)23-15-8-4-5-9-16(15)24-18/h1-9,12,27H,10-11,20H2,(H,24,26)(H2,21,22,23,25). The van der Waals surface area contributed by atoms with Crippen molar-refractivity contribution in [2.45, 2.75) is 6.42 Å². The van der Waals surface area contributed by atoms with Crippen LogP contribution in [-0.2, 0) is 6.42 Å². The first-order valence-electron chi connectivity index (χ1n) is 8.65. The van der Waals surface area contributed by atoms with Crippen molar-refractivity contribution in [3.05, 3.63) is 71.9 Å². The molecule has 8 heteroatoms. The van der Waals surface area contributed by atoms with Crippen LogP contribution in [0.1, 0.15) is 11.1 Å². The molecule has 6 N–H and O–H groups in total. The van der Waals surface area contributed by atoms with E-state index >= 15 is 0 Å². The zero-order chi connectivity index (χ0) is 18.5. The zero-order valence-corrected chi connectivity index (χ0v) is 14.6.